The number of methoxy groups -OCH3 is 1. The molecule has 1 fully saturated rings. The third-order valence-electron chi connectivity index (χ3n) is 5.47. The number of aromatic nitrogens is 4. The van der Waals surface area contributed by atoms with E-state index in [9.17, 15) is 4.79 Å². The van der Waals surface area contributed by atoms with Crippen molar-refractivity contribution in [3.63, 3.8) is 0 Å². The Morgan fingerprint density at radius 2 is 2.19 bits per heavy atom. The van der Waals surface area contributed by atoms with Crippen molar-refractivity contribution in [2.75, 3.05) is 38.8 Å². The van der Waals surface area contributed by atoms with E-state index in [0.29, 0.717) is 49.2 Å². The van der Waals surface area contributed by atoms with Crippen LogP contribution in [0.3, 0.4) is 0 Å². The maximum atomic E-state index is 13.3. The molecule has 170 valence electrons. The summed E-state index contributed by atoms with van der Waals surface area (Å²) >= 11 is 0. The lowest BCUT2D eigenvalue weighted by Crippen LogP contribution is -2.29. The number of rotatable bonds is 10. The Morgan fingerprint density at radius 1 is 1.28 bits per heavy atom. The number of nitrogens with one attached hydrogen (secondary N) is 1. The van der Waals surface area contributed by atoms with Crippen LogP contribution in [0.1, 0.15) is 26.2 Å². The maximum absolute atomic E-state index is 13.3. The fourth-order valence-electron chi connectivity index (χ4n) is 3.78. The zero-order valence-electron chi connectivity index (χ0n) is 18.5. The summed E-state index contributed by atoms with van der Waals surface area (Å²) in [6, 6.07) is 5.56. The van der Waals surface area contributed by atoms with Gasteiger partial charge in [-0.3, -0.25) is 9.78 Å². The van der Waals surface area contributed by atoms with Crippen molar-refractivity contribution in [1.29, 1.82) is 0 Å². The summed E-state index contributed by atoms with van der Waals surface area (Å²) in [4.78, 5) is 26.7. The molecule has 0 saturated carbocycles. The highest BCUT2D eigenvalue weighted by Gasteiger charge is 2.18. The molecule has 0 aliphatic carbocycles. The molecule has 3 aromatic rings. The van der Waals surface area contributed by atoms with Gasteiger partial charge in [-0.05, 0) is 38.3 Å². The third kappa shape index (κ3) is 5.05. The number of hydrogen-bond acceptors (Lipinski definition) is 8. The first-order valence-corrected chi connectivity index (χ1v) is 11.0. The quantitative estimate of drug-likeness (QED) is 0.481. The van der Waals surface area contributed by atoms with Crippen LogP contribution in [-0.4, -0.2) is 59.1 Å². The Morgan fingerprint density at radius 3 is 2.91 bits per heavy atom. The predicted molar refractivity (Wildman–Crippen MR) is 122 cm³/mol. The second-order valence-electron chi connectivity index (χ2n) is 7.63. The molecule has 1 aliphatic heterocycles. The largest absolute Gasteiger partial charge is 0.481 e. The summed E-state index contributed by atoms with van der Waals surface area (Å²) in [6.07, 6.45) is 6.27. The van der Waals surface area contributed by atoms with Gasteiger partial charge in [0, 0.05) is 50.7 Å². The summed E-state index contributed by atoms with van der Waals surface area (Å²) in [5.74, 6) is 0.857. The zero-order chi connectivity index (χ0) is 22.3. The number of aryl methyl sites for hydroxylation is 1. The molecule has 1 atom stereocenters. The molecule has 4 heterocycles. The predicted octanol–water partition coefficient (Wildman–Crippen LogP) is 2.88. The topological polar surface area (TPSA) is 100 Å². The van der Waals surface area contributed by atoms with Crippen LogP contribution in [0.4, 0.5) is 5.82 Å². The van der Waals surface area contributed by atoms with Crippen molar-refractivity contribution in [1.82, 2.24) is 19.5 Å². The summed E-state index contributed by atoms with van der Waals surface area (Å²) in [7, 11) is 1.58. The van der Waals surface area contributed by atoms with E-state index in [2.05, 4.69) is 20.3 Å². The van der Waals surface area contributed by atoms with Gasteiger partial charge in [0.2, 0.25) is 5.88 Å². The smallest absolute Gasteiger partial charge is 0.293 e. The average molecular weight is 440 g/mol. The molecule has 1 aliphatic rings. The highest BCUT2D eigenvalue weighted by atomic mass is 16.5. The summed E-state index contributed by atoms with van der Waals surface area (Å²) in [5.41, 5.74) is 2.78. The lowest BCUT2D eigenvalue weighted by Gasteiger charge is -2.15. The van der Waals surface area contributed by atoms with Crippen molar-refractivity contribution in [2.45, 2.75) is 38.8 Å². The van der Waals surface area contributed by atoms with Gasteiger partial charge >= 0.3 is 0 Å². The molecular formula is C23H29N5O4. The second-order valence-corrected chi connectivity index (χ2v) is 7.63. The lowest BCUT2D eigenvalue weighted by molar-refractivity contribution is 0.120. The molecule has 0 unspecified atom stereocenters. The summed E-state index contributed by atoms with van der Waals surface area (Å²) in [6.45, 7) is 5.06. The van der Waals surface area contributed by atoms with Crippen molar-refractivity contribution in [3.05, 3.63) is 40.9 Å². The molecule has 32 heavy (non-hydrogen) atoms. The van der Waals surface area contributed by atoms with Gasteiger partial charge in [-0.25, -0.2) is 9.97 Å². The molecular weight excluding hydrogens is 410 g/mol. The Bertz CT molecular complexity index is 1090. The van der Waals surface area contributed by atoms with E-state index in [-0.39, 0.29) is 11.7 Å². The normalized spacial score (nSPS) is 15.9. The minimum absolute atomic E-state index is 0.112. The number of nitrogens with zero attached hydrogens (tertiary/aromatic N) is 4. The van der Waals surface area contributed by atoms with Gasteiger partial charge in [-0.2, -0.15) is 0 Å². The van der Waals surface area contributed by atoms with Gasteiger partial charge in [0.05, 0.1) is 30.6 Å². The second kappa shape index (κ2) is 10.5. The molecule has 3 aromatic heterocycles. The Hall–Kier alpha value is -3.04. The van der Waals surface area contributed by atoms with E-state index < -0.39 is 0 Å². The molecule has 9 heteroatoms. The van der Waals surface area contributed by atoms with Crippen LogP contribution in [0.25, 0.3) is 22.3 Å². The van der Waals surface area contributed by atoms with Crippen LogP contribution in [-0.2, 0) is 16.0 Å². The molecule has 9 nitrogen and oxygen atoms in total. The maximum Gasteiger partial charge on any atom is 0.293 e. The standard InChI is InChI=1S/C23H29N5O4/c1-3-31-10-5-9-28-20-12-18(16-7-8-21(30-2)25-13-16)24-15-19(20)27-22(23(28)29)26-14-17-6-4-11-32-17/h7-8,12-13,15,17H,3-6,9-11,14H2,1-2H3,(H,26,27)/t17-/m0/s1. The van der Waals surface area contributed by atoms with Crippen molar-refractivity contribution >= 4 is 16.9 Å². The molecule has 1 saturated heterocycles. The van der Waals surface area contributed by atoms with Gasteiger partial charge in [-0.15, -0.1) is 0 Å². The molecule has 4 rings (SSSR count). The lowest BCUT2D eigenvalue weighted by atomic mass is 10.1. The number of fused-ring (bicyclic) bond motifs is 1. The highest BCUT2D eigenvalue weighted by molar-refractivity contribution is 5.80. The number of anilines is 1. The average Bonchev–Trinajstić information content (AvgIpc) is 3.35. The van der Waals surface area contributed by atoms with E-state index in [1.165, 1.54) is 0 Å². The van der Waals surface area contributed by atoms with Crippen LogP contribution >= 0.6 is 0 Å². The highest BCUT2D eigenvalue weighted by Crippen LogP contribution is 2.22. The van der Waals surface area contributed by atoms with Crippen LogP contribution in [0.15, 0.2) is 35.4 Å². The fraction of sp³-hybridized carbons (Fsp3) is 0.478. The zero-order valence-corrected chi connectivity index (χ0v) is 18.5. The van der Waals surface area contributed by atoms with Gasteiger partial charge in [0.1, 0.15) is 5.52 Å². The molecule has 1 N–H and O–H groups in total. The molecule has 0 spiro atoms. The van der Waals surface area contributed by atoms with Gasteiger partial charge < -0.3 is 24.1 Å². The molecule has 0 radical (unpaired) electrons. The fourth-order valence-corrected chi connectivity index (χ4v) is 3.78. The van der Waals surface area contributed by atoms with Gasteiger partial charge in [0.15, 0.2) is 5.82 Å². The Balaban J connectivity index is 1.68. The monoisotopic (exact) mass is 439 g/mol. The molecule has 0 bridgehead atoms. The van der Waals surface area contributed by atoms with Crippen molar-refractivity contribution in [2.24, 2.45) is 0 Å². The third-order valence-corrected chi connectivity index (χ3v) is 5.47. The number of hydrogen-bond donors (Lipinski definition) is 1. The Labute approximate surface area is 186 Å². The molecule has 0 aromatic carbocycles. The first kappa shape index (κ1) is 22.2. The minimum atomic E-state index is -0.156. The van der Waals surface area contributed by atoms with E-state index in [1.54, 1.807) is 30.1 Å². The van der Waals surface area contributed by atoms with Crippen LogP contribution < -0.4 is 15.6 Å². The van der Waals surface area contributed by atoms with Crippen molar-refractivity contribution < 1.29 is 14.2 Å². The van der Waals surface area contributed by atoms with E-state index in [1.807, 2.05) is 19.1 Å². The molecule has 0 amide bonds. The summed E-state index contributed by atoms with van der Waals surface area (Å²) in [5, 5.41) is 3.20. The minimum Gasteiger partial charge on any atom is -0.481 e. The first-order chi connectivity index (χ1) is 15.7. The Kier molecular flexibility index (Phi) is 7.28. The van der Waals surface area contributed by atoms with E-state index >= 15 is 0 Å². The van der Waals surface area contributed by atoms with E-state index in [4.69, 9.17) is 14.2 Å². The van der Waals surface area contributed by atoms with Crippen LogP contribution in [0, 0.1) is 0 Å². The number of pyridine rings is 2. The van der Waals surface area contributed by atoms with Crippen molar-refractivity contribution in [3.8, 4) is 17.1 Å². The van der Waals surface area contributed by atoms with Gasteiger partial charge in [0.25, 0.3) is 5.56 Å². The van der Waals surface area contributed by atoms with E-state index in [0.717, 1.165) is 36.9 Å². The number of ether oxygens (including phenoxy) is 3. The van der Waals surface area contributed by atoms with Crippen LogP contribution in [0.5, 0.6) is 5.88 Å². The summed E-state index contributed by atoms with van der Waals surface area (Å²) < 4.78 is 18.0. The van der Waals surface area contributed by atoms with Gasteiger partial charge in [-0.1, -0.05) is 0 Å². The SMILES string of the molecule is CCOCCCn1c(=O)c(NC[C@@H]2CCCO2)nc2cnc(-c3ccc(OC)nc3)cc21. The first-order valence-electron chi connectivity index (χ1n) is 11.0. The van der Waals surface area contributed by atoms with Crippen LogP contribution in [0.2, 0.25) is 0 Å².